The van der Waals surface area contributed by atoms with Crippen LogP contribution in [0.15, 0.2) is 11.6 Å². The molecule has 3 fully saturated rings. The molecule has 0 aromatic heterocycles. The van der Waals surface area contributed by atoms with Crippen LogP contribution in [0.3, 0.4) is 0 Å². The van der Waals surface area contributed by atoms with E-state index in [1.165, 1.54) is 0 Å². The SMILES string of the molecule is CC1(C)O[C@H]([C@@H]2COC(C)(C)O2)[C@H](/C=C2/CC(=O)NC2=O)O1. The van der Waals surface area contributed by atoms with Gasteiger partial charge >= 0.3 is 0 Å². The van der Waals surface area contributed by atoms with Crippen molar-refractivity contribution in [3.05, 3.63) is 11.6 Å². The molecule has 0 aliphatic carbocycles. The molecule has 3 aliphatic heterocycles. The summed E-state index contributed by atoms with van der Waals surface area (Å²) in [6.45, 7) is 7.68. The van der Waals surface area contributed by atoms with Crippen molar-refractivity contribution < 1.29 is 28.5 Å². The van der Waals surface area contributed by atoms with Crippen LogP contribution in [0.4, 0.5) is 0 Å². The molecule has 0 spiro atoms. The zero-order valence-electron chi connectivity index (χ0n) is 13.2. The fraction of sp³-hybridized carbons (Fsp3) is 0.733. The Morgan fingerprint density at radius 1 is 1.09 bits per heavy atom. The minimum absolute atomic E-state index is 0.0688. The number of ether oxygens (including phenoxy) is 4. The topological polar surface area (TPSA) is 83.1 Å². The molecule has 0 aromatic rings. The summed E-state index contributed by atoms with van der Waals surface area (Å²) < 4.78 is 23.2. The molecule has 0 radical (unpaired) electrons. The van der Waals surface area contributed by atoms with Gasteiger partial charge in [0.1, 0.15) is 18.3 Å². The van der Waals surface area contributed by atoms with Crippen LogP contribution < -0.4 is 5.32 Å². The van der Waals surface area contributed by atoms with Crippen LogP contribution in [-0.2, 0) is 28.5 Å². The standard InChI is InChI=1S/C15H21NO6/c1-14(2)19-7-10(21-14)12-9(20-15(3,4)22-12)5-8-6-11(17)16-13(8)18/h5,9-10,12H,6-7H2,1-4H3,(H,16,17,18)/b8-5-/t9-,10-,12-/m0/s1. The Morgan fingerprint density at radius 3 is 2.36 bits per heavy atom. The number of hydrogen-bond acceptors (Lipinski definition) is 6. The van der Waals surface area contributed by atoms with Crippen molar-refractivity contribution in [1.29, 1.82) is 0 Å². The first-order chi connectivity index (χ1) is 10.2. The van der Waals surface area contributed by atoms with Crippen LogP contribution in [-0.4, -0.2) is 48.3 Å². The summed E-state index contributed by atoms with van der Waals surface area (Å²) in [5, 5.41) is 2.26. The quantitative estimate of drug-likeness (QED) is 0.595. The summed E-state index contributed by atoms with van der Waals surface area (Å²) in [6.07, 6.45) is 0.573. The Labute approximate surface area is 128 Å². The highest BCUT2D eigenvalue weighted by Gasteiger charge is 2.49. The van der Waals surface area contributed by atoms with Crippen molar-refractivity contribution in [2.24, 2.45) is 0 Å². The molecule has 3 saturated heterocycles. The van der Waals surface area contributed by atoms with Crippen molar-refractivity contribution in [3.8, 4) is 0 Å². The Morgan fingerprint density at radius 2 is 1.82 bits per heavy atom. The summed E-state index contributed by atoms with van der Waals surface area (Å²) >= 11 is 0. The van der Waals surface area contributed by atoms with E-state index in [1.807, 2.05) is 13.8 Å². The second-order valence-electron chi connectivity index (χ2n) is 6.68. The number of nitrogens with one attached hydrogen (secondary N) is 1. The molecule has 1 N–H and O–H groups in total. The first kappa shape index (κ1) is 15.6. The summed E-state index contributed by atoms with van der Waals surface area (Å²) in [6, 6.07) is 0. The Bertz CT molecular complexity index is 538. The summed E-state index contributed by atoms with van der Waals surface area (Å²) in [5.41, 5.74) is 0.402. The Hall–Kier alpha value is -1.28. The van der Waals surface area contributed by atoms with Crippen molar-refractivity contribution in [2.45, 2.75) is 64.0 Å². The molecule has 0 unspecified atom stereocenters. The van der Waals surface area contributed by atoms with Crippen LogP contribution in [0.5, 0.6) is 0 Å². The highest BCUT2D eigenvalue weighted by atomic mass is 16.8. The van der Waals surface area contributed by atoms with Crippen molar-refractivity contribution in [2.75, 3.05) is 6.61 Å². The number of imide groups is 1. The summed E-state index contributed by atoms with van der Waals surface area (Å²) in [5.74, 6) is -2.13. The van der Waals surface area contributed by atoms with Gasteiger partial charge in [-0.1, -0.05) is 0 Å². The van der Waals surface area contributed by atoms with Crippen LogP contribution >= 0.6 is 0 Å². The third-order valence-corrected chi connectivity index (χ3v) is 3.82. The third-order valence-electron chi connectivity index (χ3n) is 3.82. The molecule has 122 valence electrons. The van der Waals surface area contributed by atoms with Gasteiger partial charge in [-0.25, -0.2) is 0 Å². The molecular formula is C15H21NO6. The molecule has 7 nitrogen and oxygen atoms in total. The lowest BCUT2D eigenvalue weighted by Crippen LogP contribution is -2.37. The van der Waals surface area contributed by atoms with E-state index < -0.39 is 23.8 Å². The van der Waals surface area contributed by atoms with E-state index in [1.54, 1.807) is 19.9 Å². The number of hydrogen-bond donors (Lipinski definition) is 1. The van der Waals surface area contributed by atoms with E-state index in [2.05, 4.69) is 5.32 Å². The van der Waals surface area contributed by atoms with E-state index in [9.17, 15) is 9.59 Å². The molecule has 3 rings (SSSR count). The lowest BCUT2D eigenvalue weighted by molar-refractivity contribution is -0.174. The summed E-state index contributed by atoms with van der Waals surface area (Å²) in [7, 11) is 0. The van der Waals surface area contributed by atoms with Gasteiger partial charge in [0.05, 0.1) is 13.0 Å². The maximum atomic E-state index is 11.7. The number of rotatable bonds is 2. The zero-order valence-corrected chi connectivity index (χ0v) is 13.2. The number of carbonyl (C=O) groups excluding carboxylic acids is 2. The van der Waals surface area contributed by atoms with Crippen LogP contribution in [0.1, 0.15) is 34.1 Å². The van der Waals surface area contributed by atoms with Crippen molar-refractivity contribution >= 4 is 11.8 Å². The first-order valence-electron chi connectivity index (χ1n) is 7.37. The lowest BCUT2D eigenvalue weighted by Gasteiger charge is -2.23. The molecule has 0 bridgehead atoms. The molecule has 2 amide bonds. The average Bonchev–Trinajstić information content (AvgIpc) is 2.97. The van der Waals surface area contributed by atoms with Crippen molar-refractivity contribution in [3.63, 3.8) is 0 Å². The van der Waals surface area contributed by atoms with Crippen molar-refractivity contribution in [1.82, 2.24) is 5.32 Å². The van der Waals surface area contributed by atoms with Gasteiger partial charge in [-0.2, -0.15) is 0 Å². The first-order valence-corrected chi connectivity index (χ1v) is 7.37. The Balaban J connectivity index is 1.80. The highest BCUT2D eigenvalue weighted by molar-refractivity contribution is 6.13. The van der Waals surface area contributed by atoms with Gasteiger partial charge in [-0.05, 0) is 33.8 Å². The zero-order chi connectivity index (χ0) is 16.1. The van der Waals surface area contributed by atoms with Gasteiger partial charge < -0.3 is 18.9 Å². The smallest absolute Gasteiger partial charge is 0.254 e. The molecule has 0 saturated carbocycles. The Kier molecular flexibility index (Phi) is 3.64. The van der Waals surface area contributed by atoms with E-state index in [-0.39, 0.29) is 24.3 Å². The van der Waals surface area contributed by atoms with Crippen LogP contribution in [0.2, 0.25) is 0 Å². The van der Waals surface area contributed by atoms with Gasteiger partial charge in [0.2, 0.25) is 5.91 Å². The maximum Gasteiger partial charge on any atom is 0.254 e. The number of carbonyl (C=O) groups is 2. The molecule has 3 heterocycles. The van der Waals surface area contributed by atoms with Crippen LogP contribution in [0, 0.1) is 0 Å². The second-order valence-corrected chi connectivity index (χ2v) is 6.68. The van der Waals surface area contributed by atoms with Gasteiger partial charge in [0, 0.05) is 5.57 Å². The van der Waals surface area contributed by atoms with Gasteiger partial charge in [-0.15, -0.1) is 0 Å². The average molecular weight is 311 g/mol. The van der Waals surface area contributed by atoms with E-state index in [0.29, 0.717) is 12.2 Å². The monoisotopic (exact) mass is 311 g/mol. The normalized spacial score (nSPS) is 38.7. The third kappa shape index (κ3) is 3.08. The lowest BCUT2D eigenvalue weighted by atomic mass is 10.0. The van der Waals surface area contributed by atoms with Gasteiger partial charge in [0.25, 0.3) is 5.91 Å². The molecule has 3 aliphatic rings. The van der Waals surface area contributed by atoms with Gasteiger partial charge in [0.15, 0.2) is 11.6 Å². The number of amides is 2. The minimum Gasteiger partial charge on any atom is -0.348 e. The van der Waals surface area contributed by atoms with Gasteiger partial charge in [-0.3, -0.25) is 14.9 Å². The summed E-state index contributed by atoms with van der Waals surface area (Å²) in [4.78, 5) is 23.0. The van der Waals surface area contributed by atoms with Crippen LogP contribution in [0.25, 0.3) is 0 Å². The maximum absolute atomic E-state index is 11.7. The fourth-order valence-electron chi connectivity index (χ4n) is 2.95. The predicted octanol–water partition coefficient (Wildman–Crippen LogP) is 0.631. The van der Waals surface area contributed by atoms with E-state index in [4.69, 9.17) is 18.9 Å². The second kappa shape index (κ2) is 5.13. The minimum atomic E-state index is -0.790. The fourth-order valence-corrected chi connectivity index (χ4v) is 2.95. The molecule has 3 atom stereocenters. The largest absolute Gasteiger partial charge is 0.348 e. The van der Waals surface area contributed by atoms with E-state index >= 15 is 0 Å². The van der Waals surface area contributed by atoms with E-state index in [0.717, 1.165) is 0 Å². The molecule has 22 heavy (non-hydrogen) atoms. The highest BCUT2D eigenvalue weighted by Crippen LogP contribution is 2.36. The molecular weight excluding hydrogens is 290 g/mol. The molecule has 7 heteroatoms. The molecule has 0 aromatic carbocycles. The predicted molar refractivity (Wildman–Crippen MR) is 74.6 cm³/mol.